The van der Waals surface area contributed by atoms with Gasteiger partial charge in [0.1, 0.15) is 15.6 Å². The van der Waals surface area contributed by atoms with Crippen molar-refractivity contribution in [3.63, 3.8) is 0 Å². The molecular formula is C19H17BClN3O4S. The van der Waals surface area contributed by atoms with Crippen LogP contribution < -0.4 is 15.6 Å². The second kappa shape index (κ2) is 9.19. The van der Waals surface area contributed by atoms with Crippen LogP contribution in [0.1, 0.15) is 20.9 Å². The summed E-state index contributed by atoms with van der Waals surface area (Å²) in [5, 5.41) is 24.1. The molecule has 3 aromatic rings. The number of ether oxygens (including phenoxy) is 1. The summed E-state index contributed by atoms with van der Waals surface area (Å²) < 4.78 is 5.07. The van der Waals surface area contributed by atoms with Crippen molar-refractivity contribution in [3.8, 4) is 16.3 Å². The number of nitrogens with zero attached hydrogens (tertiary/aromatic N) is 2. The van der Waals surface area contributed by atoms with Crippen LogP contribution in [-0.2, 0) is 0 Å². The number of aryl methyl sites for hydroxylation is 1. The fourth-order valence-electron chi connectivity index (χ4n) is 2.57. The molecule has 1 heterocycles. The van der Waals surface area contributed by atoms with Gasteiger partial charge in [0.2, 0.25) is 0 Å². The first-order valence-electron chi connectivity index (χ1n) is 8.50. The van der Waals surface area contributed by atoms with Crippen LogP contribution in [0.5, 0.6) is 5.75 Å². The minimum Gasteiger partial charge on any atom is -0.497 e. The van der Waals surface area contributed by atoms with Gasteiger partial charge in [-0.25, -0.2) is 10.4 Å². The lowest BCUT2D eigenvalue weighted by molar-refractivity contribution is 0.0958. The summed E-state index contributed by atoms with van der Waals surface area (Å²) in [6.07, 6.45) is 1.40. The van der Waals surface area contributed by atoms with Gasteiger partial charge >= 0.3 is 7.12 Å². The molecule has 0 bridgehead atoms. The molecule has 0 fully saturated rings. The van der Waals surface area contributed by atoms with Gasteiger partial charge in [-0.2, -0.15) is 5.10 Å². The second-order valence-electron chi connectivity index (χ2n) is 6.01. The molecule has 0 unspecified atom stereocenters. The molecule has 0 spiro atoms. The minimum atomic E-state index is -1.68. The quantitative estimate of drug-likeness (QED) is 0.317. The molecule has 2 aromatic carbocycles. The van der Waals surface area contributed by atoms with E-state index in [2.05, 4.69) is 15.5 Å². The molecule has 0 radical (unpaired) electrons. The van der Waals surface area contributed by atoms with Crippen molar-refractivity contribution in [1.82, 2.24) is 10.4 Å². The van der Waals surface area contributed by atoms with Crippen LogP contribution in [0.2, 0.25) is 5.02 Å². The molecule has 148 valence electrons. The van der Waals surface area contributed by atoms with Crippen molar-refractivity contribution in [3.05, 3.63) is 63.6 Å². The molecule has 29 heavy (non-hydrogen) atoms. The number of hydrazone groups is 1. The first-order valence-corrected chi connectivity index (χ1v) is 9.69. The number of methoxy groups -OCH3 is 1. The van der Waals surface area contributed by atoms with Gasteiger partial charge < -0.3 is 14.8 Å². The van der Waals surface area contributed by atoms with Gasteiger partial charge in [-0.05, 0) is 42.8 Å². The molecule has 0 aliphatic rings. The number of amides is 1. The van der Waals surface area contributed by atoms with Crippen molar-refractivity contribution in [1.29, 1.82) is 0 Å². The molecule has 0 atom stereocenters. The van der Waals surface area contributed by atoms with E-state index in [4.69, 9.17) is 16.3 Å². The van der Waals surface area contributed by atoms with E-state index < -0.39 is 7.12 Å². The number of aromatic nitrogens is 1. The van der Waals surface area contributed by atoms with Gasteiger partial charge in [0.15, 0.2) is 0 Å². The fraction of sp³-hybridized carbons (Fsp3) is 0.105. The van der Waals surface area contributed by atoms with E-state index in [-0.39, 0.29) is 11.4 Å². The zero-order chi connectivity index (χ0) is 21.0. The Hall–Kier alpha value is -2.72. The number of benzene rings is 2. The van der Waals surface area contributed by atoms with Crippen molar-refractivity contribution in [2.75, 3.05) is 7.11 Å². The highest BCUT2D eigenvalue weighted by Crippen LogP contribution is 2.28. The predicted molar refractivity (Wildman–Crippen MR) is 115 cm³/mol. The van der Waals surface area contributed by atoms with E-state index in [9.17, 15) is 14.8 Å². The smallest absolute Gasteiger partial charge is 0.492 e. The third-order valence-electron chi connectivity index (χ3n) is 4.01. The van der Waals surface area contributed by atoms with Crippen molar-refractivity contribution < 1.29 is 19.6 Å². The zero-order valence-electron chi connectivity index (χ0n) is 15.6. The van der Waals surface area contributed by atoms with Crippen LogP contribution in [0.3, 0.4) is 0 Å². The largest absolute Gasteiger partial charge is 0.497 e. The van der Waals surface area contributed by atoms with Gasteiger partial charge in [-0.1, -0.05) is 23.7 Å². The Morgan fingerprint density at radius 2 is 2.00 bits per heavy atom. The molecule has 3 rings (SSSR count). The van der Waals surface area contributed by atoms with E-state index in [0.717, 1.165) is 5.56 Å². The lowest BCUT2D eigenvalue weighted by Crippen LogP contribution is -2.31. The van der Waals surface area contributed by atoms with Crippen LogP contribution in [0.15, 0.2) is 47.6 Å². The van der Waals surface area contributed by atoms with E-state index in [0.29, 0.717) is 31.9 Å². The minimum absolute atomic E-state index is 0.202. The summed E-state index contributed by atoms with van der Waals surface area (Å²) >= 11 is 7.17. The summed E-state index contributed by atoms with van der Waals surface area (Å²) in [7, 11) is -0.246. The van der Waals surface area contributed by atoms with Crippen LogP contribution in [0, 0.1) is 6.92 Å². The van der Waals surface area contributed by atoms with Crippen LogP contribution in [0.25, 0.3) is 10.6 Å². The van der Waals surface area contributed by atoms with Gasteiger partial charge in [0.05, 0.1) is 19.0 Å². The second-order valence-corrected chi connectivity index (χ2v) is 7.45. The molecule has 1 amide bonds. The average Bonchev–Trinajstić information content (AvgIpc) is 3.10. The molecule has 0 aliphatic heterocycles. The third kappa shape index (κ3) is 5.01. The number of carbonyl (C=O) groups is 1. The first kappa shape index (κ1) is 21.0. The Bertz CT molecular complexity index is 1050. The summed E-state index contributed by atoms with van der Waals surface area (Å²) in [5.41, 5.74) is 4.71. The lowest BCUT2D eigenvalue weighted by atomic mass is 9.79. The molecule has 3 N–H and O–H groups in total. The standard InChI is InChI=1S/C19H17BClN3O4S/c1-11-17(29-19(23-11)13-4-6-14(21)7-5-13)18(25)24-22-10-12-3-8-16(28-2)15(9-12)20(26)27/h3-10,26-27H,1-2H3,(H,24,25)/b22-10+. The van der Waals surface area contributed by atoms with Crippen molar-refractivity contribution in [2.45, 2.75) is 6.92 Å². The Kier molecular flexibility index (Phi) is 6.66. The zero-order valence-corrected chi connectivity index (χ0v) is 17.2. The van der Waals surface area contributed by atoms with Crippen LogP contribution in [-0.4, -0.2) is 41.4 Å². The number of thiazole rings is 1. The van der Waals surface area contributed by atoms with E-state index >= 15 is 0 Å². The SMILES string of the molecule is COc1ccc(/C=N/NC(=O)c2sc(-c3ccc(Cl)cc3)nc2C)cc1B(O)O. The molecule has 0 aliphatic carbocycles. The van der Waals surface area contributed by atoms with Crippen LogP contribution >= 0.6 is 22.9 Å². The van der Waals surface area contributed by atoms with Gasteiger partial charge in [-0.15, -0.1) is 11.3 Å². The average molecular weight is 430 g/mol. The fourth-order valence-corrected chi connectivity index (χ4v) is 3.66. The first-order chi connectivity index (χ1) is 13.9. The predicted octanol–water partition coefficient (Wildman–Crippen LogP) is 2.22. The summed E-state index contributed by atoms with van der Waals surface area (Å²) in [6.45, 7) is 1.76. The molecular weight excluding hydrogens is 413 g/mol. The number of nitrogens with one attached hydrogen (secondary N) is 1. The Morgan fingerprint density at radius 3 is 2.66 bits per heavy atom. The topological polar surface area (TPSA) is 104 Å². The van der Waals surface area contributed by atoms with Gasteiger partial charge in [0.25, 0.3) is 5.91 Å². The van der Waals surface area contributed by atoms with E-state index in [1.165, 1.54) is 30.7 Å². The molecule has 0 saturated carbocycles. The highest BCUT2D eigenvalue weighted by molar-refractivity contribution is 7.17. The van der Waals surface area contributed by atoms with Crippen molar-refractivity contribution in [2.24, 2.45) is 5.10 Å². The Labute approximate surface area is 176 Å². The number of hydrogen-bond donors (Lipinski definition) is 3. The van der Waals surface area contributed by atoms with Crippen LogP contribution in [0.4, 0.5) is 0 Å². The number of halogens is 1. The van der Waals surface area contributed by atoms with Gasteiger partial charge in [0, 0.05) is 16.0 Å². The summed E-state index contributed by atoms with van der Waals surface area (Å²) in [6, 6.07) is 12.0. The Morgan fingerprint density at radius 1 is 1.28 bits per heavy atom. The van der Waals surface area contributed by atoms with E-state index in [1.807, 2.05) is 12.1 Å². The monoisotopic (exact) mass is 429 g/mol. The lowest BCUT2D eigenvalue weighted by Gasteiger charge is -2.08. The Balaban J connectivity index is 1.73. The molecule has 1 aromatic heterocycles. The number of carbonyl (C=O) groups excluding carboxylic acids is 1. The molecule has 10 heteroatoms. The summed E-state index contributed by atoms with van der Waals surface area (Å²) in [5.74, 6) is -0.0383. The highest BCUT2D eigenvalue weighted by Gasteiger charge is 2.18. The third-order valence-corrected chi connectivity index (χ3v) is 5.46. The molecule has 7 nitrogen and oxygen atoms in total. The number of rotatable bonds is 6. The van der Waals surface area contributed by atoms with Gasteiger partial charge in [-0.3, -0.25) is 4.79 Å². The van der Waals surface area contributed by atoms with E-state index in [1.54, 1.807) is 31.2 Å². The molecule has 0 saturated heterocycles. The summed E-state index contributed by atoms with van der Waals surface area (Å²) in [4.78, 5) is 17.3. The highest BCUT2D eigenvalue weighted by atomic mass is 35.5. The number of hydrogen-bond acceptors (Lipinski definition) is 7. The maximum atomic E-state index is 12.5. The maximum absolute atomic E-state index is 12.5. The normalized spacial score (nSPS) is 10.9. The maximum Gasteiger partial charge on any atom is 0.492 e. The van der Waals surface area contributed by atoms with Crippen molar-refractivity contribution >= 4 is 47.6 Å².